The molecule has 0 bridgehead atoms. The van der Waals surface area contributed by atoms with E-state index in [1.54, 1.807) is 0 Å². The van der Waals surface area contributed by atoms with Crippen LogP contribution in [0.2, 0.25) is 0 Å². The number of hydrogen-bond donors (Lipinski definition) is 1. The first-order valence-corrected chi connectivity index (χ1v) is 5.77. The minimum absolute atomic E-state index is 0.0407. The Balaban J connectivity index is 1.95. The molecule has 86 valence electrons. The maximum Gasteiger partial charge on any atom is 0.108 e. The summed E-state index contributed by atoms with van der Waals surface area (Å²) in [5.41, 5.74) is 4.60. The molecule has 1 heterocycles. The molecule has 0 fully saturated rings. The van der Waals surface area contributed by atoms with Crippen molar-refractivity contribution < 1.29 is 9.84 Å². The predicted octanol–water partition coefficient (Wildman–Crippen LogP) is 2.80. The molecule has 1 aliphatic heterocycles. The smallest absolute Gasteiger partial charge is 0.108 e. The fourth-order valence-electron chi connectivity index (χ4n) is 2.26. The maximum absolute atomic E-state index is 9.02. The Kier molecular flexibility index (Phi) is 2.67. The van der Waals surface area contributed by atoms with Gasteiger partial charge in [0.05, 0.1) is 13.2 Å². The summed E-state index contributed by atoms with van der Waals surface area (Å²) in [7, 11) is 0. The highest BCUT2D eigenvalue weighted by atomic mass is 16.5. The first kappa shape index (κ1) is 10.5. The van der Waals surface area contributed by atoms with Gasteiger partial charge in [-0.05, 0) is 22.3 Å². The van der Waals surface area contributed by atoms with Crippen molar-refractivity contribution in [2.45, 2.75) is 19.3 Å². The molecule has 2 heteroatoms. The molecule has 2 nitrogen and oxygen atoms in total. The fourth-order valence-corrected chi connectivity index (χ4v) is 2.26. The summed E-state index contributed by atoms with van der Waals surface area (Å²) in [6.07, 6.45) is 0.0407. The minimum Gasteiger partial charge on any atom is -0.392 e. The van der Waals surface area contributed by atoms with Crippen LogP contribution in [0, 0.1) is 0 Å². The van der Waals surface area contributed by atoms with Gasteiger partial charge in [0.25, 0.3) is 0 Å². The fraction of sp³-hybridized carbons (Fsp3) is 0.200. The lowest BCUT2D eigenvalue weighted by atomic mass is 9.99. The van der Waals surface area contributed by atoms with E-state index >= 15 is 0 Å². The average molecular weight is 226 g/mol. The molecular weight excluding hydrogens is 212 g/mol. The van der Waals surface area contributed by atoms with Crippen LogP contribution in [0.1, 0.15) is 28.4 Å². The third-order valence-corrected chi connectivity index (χ3v) is 3.21. The Hall–Kier alpha value is -1.64. The summed E-state index contributed by atoms with van der Waals surface area (Å²) < 4.78 is 5.82. The molecule has 1 atom stereocenters. The van der Waals surface area contributed by atoms with E-state index in [1.165, 1.54) is 11.1 Å². The van der Waals surface area contributed by atoms with Crippen molar-refractivity contribution in [3.05, 3.63) is 70.8 Å². The lowest BCUT2D eigenvalue weighted by molar-refractivity contribution is 0.0939. The molecule has 0 aliphatic carbocycles. The second-order valence-corrected chi connectivity index (χ2v) is 4.29. The molecule has 0 aromatic heterocycles. The Labute approximate surface area is 100 Å². The van der Waals surface area contributed by atoms with Crippen LogP contribution >= 0.6 is 0 Å². The van der Waals surface area contributed by atoms with Crippen molar-refractivity contribution in [3.8, 4) is 0 Å². The van der Waals surface area contributed by atoms with E-state index in [1.807, 2.05) is 36.4 Å². The zero-order valence-electron chi connectivity index (χ0n) is 9.47. The summed E-state index contributed by atoms with van der Waals surface area (Å²) in [5, 5.41) is 9.02. The predicted molar refractivity (Wildman–Crippen MR) is 65.4 cm³/mol. The van der Waals surface area contributed by atoms with Gasteiger partial charge in [0.15, 0.2) is 0 Å². The largest absolute Gasteiger partial charge is 0.392 e. The quantitative estimate of drug-likeness (QED) is 0.853. The Morgan fingerprint density at radius 2 is 1.82 bits per heavy atom. The third kappa shape index (κ3) is 1.86. The monoisotopic (exact) mass is 226 g/mol. The highest BCUT2D eigenvalue weighted by Gasteiger charge is 2.23. The van der Waals surface area contributed by atoms with Crippen molar-refractivity contribution in [2.75, 3.05) is 0 Å². The van der Waals surface area contributed by atoms with Gasteiger partial charge >= 0.3 is 0 Å². The van der Waals surface area contributed by atoms with Gasteiger partial charge in [0.1, 0.15) is 6.10 Å². The minimum atomic E-state index is 0.0407. The van der Waals surface area contributed by atoms with Crippen LogP contribution < -0.4 is 0 Å². The summed E-state index contributed by atoms with van der Waals surface area (Å²) in [5.74, 6) is 0. The number of aliphatic hydroxyl groups is 1. The molecule has 0 unspecified atom stereocenters. The summed E-state index contributed by atoms with van der Waals surface area (Å²) >= 11 is 0. The van der Waals surface area contributed by atoms with Crippen molar-refractivity contribution in [2.24, 2.45) is 0 Å². The van der Waals surface area contributed by atoms with Gasteiger partial charge in [-0.15, -0.1) is 0 Å². The second-order valence-electron chi connectivity index (χ2n) is 4.29. The van der Waals surface area contributed by atoms with Crippen LogP contribution in [0.3, 0.4) is 0 Å². The first-order chi connectivity index (χ1) is 8.38. The molecule has 2 aromatic rings. The average Bonchev–Trinajstić information content (AvgIpc) is 2.83. The maximum atomic E-state index is 9.02. The van der Waals surface area contributed by atoms with Crippen LogP contribution in [0.5, 0.6) is 0 Å². The second kappa shape index (κ2) is 4.32. The van der Waals surface area contributed by atoms with Gasteiger partial charge in [-0.3, -0.25) is 0 Å². The van der Waals surface area contributed by atoms with Crippen LogP contribution in [-0.2, 0) is 18.0 Å². The number of hydrogen-bond acceptors (Lipinski definition) is 2. The number of aliphatic hydroxyl groups excluding tert-OH is 1. The van der Waals surface area contributed by atoms with Crippen LogP contribution in [-0.4, -0.2) is 5.11 Å². The molecule has 0 amide bonds. The molecule has 0 spiro atoms. The summed E-state index contributed by atoms with van der Waals surface area (Å²) in [6, 6.07) is 16.3. The molecule has 0 saturated heterocycles. The van der Waals surface area contributed by atoms with Crippen LogP contribution in [0.25, 0.3) is 0 Å². The summed E-state index contributed by atoms with van der Waals surface area (Å²) in [6.45, 7) is 0.769. The van der Waals surface area contributed by atoms with E-state index in [2.05, 4.69) is 12.1 Å². The van der Waals surface area contributed by atoms with Gasteiger partial charge in [0.2, 0.25) is 0 Å². The van der Waals surface area contributed by atoms with E-state index < -0.39 is 0 Å². The highest BCUT2D eigenvalue weighted by molar-refractivity contribution is 5.39. The standard InChI is InChI=1S/C15H14O2/c16-9-11-5-7-12(8-6-11)15-14-4-2-1-3-13(14)10-17-15/h1-8,15-16H,9-10H2/t15-/m0/s1. The molecule has 1 N–H and O–H groups in total. The molecule has 1 aliphatic rings. The van der Waals surface area contributed by atoms with Gasteiger partial charge in [-0.2, -0.15) is 0 Å². The van der Waals surface area contributed by atoms with Gasteiger partial charge in [-0.25, -0.2) is 0 Å². The molecular formula is C15H14O2. The normalized spacial score (nSPS) is 18.1. The van der Waals surface area contributed by atoms with Crippen molar-refractivity contribution in [1.82, 2.24) is 0 Å². The number of rotatable bonds is 2. The molecule has 0 radical (unpaired) electrons. The Bertz CT molecular complexity index is 517. The molecule has 0 saturated carbocycles. The van der Waals surface area contributed by atoms with Crippen LogP contribution in [0.15, 0.2) is 48.5 Å². The zero-order chi connectivity index (χ0) is 11.7. The molecule has 3 rings (SSSR count). The lowest BCUT2D eigenvalue weighted by Gasteiger charge is -2.11. The van der Waals surface area contributed by atoms with Gasteiger partial charge < -0.3 is 9.84 Å². The Morgan fingerprint density at radius 1 is 1.06 bits per heavy atom. The highest BCUT2D eigenvalue weighted by Crippen LogP contribution is 2.35. The molecule has 17 heavy (non-hydrogen) atoms. The first-order valence-electron chi connectivity index (χ1n) is 5.77. The van der Waals surface area contributed by atoms with E-state index in [-0.39, 0.29) is 12.7 Å². The van der Waals surface area contributed by atoms with Crippen molar-refractivity contribution >= 4 is 0 Å². The third-order valence-electron chi connectivity index (χ3n) is 3.21. The topological polar surface area (TPSA) is 29.5 Å². The lowest BCUT2D eigenvalue weighted by Crippen LogP contribution is -1.98. The van der Waals surface area contributed by atoms with E-state index in [0.717, 1.165) is 11.1 Å². The van der Waals surface area contributed by atoms with Crippen LogP contribution in [0.4, 0.5) is 0 Å². The van der Waals surface area contributed by atoms with E-state index in [4.69, 9.17) is 9.84 Å². The number of fused-ring (bicyclic) bond motifs is 1. The summed E-state index contributed by atoms with van der Waals surface area (Å²) in [4.78, 5) is 0. The zero-order valence-corrected chi connectivity index (χ0v) is 9.47. The number of ether oxygens (including phenoxy) is 1. The van der Waals surface area contributed by atoms with Crippen molar-refractivity contribution in [3.63, 3.8) is 0 Å². The number of benzene rings is 2. The Morgan fingerprint density at radius 3 is 2.59 bits per heavy atom. The van der Waals surface area contributed by atoms with Crippen molar-refractivity contribution in [1.29, 1.82) is 0 Å². The SMILES string of the molecule is OCc1ccc([C@@H]2OCc3ccccc32)cc1. The van der Waals surface area contributed by atoms with Gasteiger partial charge in [0, 0.05) is 0 Å². The molecule has 2 aromatic carbocycles. The van der Waals surface area contributed by atoms with Gasteiger partial charge in [-0.1, -0.05) is 48.5 Å². The van der Waals surface area contributed by atoms with E-state index in [9.17, 15) is 0 Å². The van der Waals surface area contributed by atoms with E-state index in [0.29, 0.717) is 6.61 Å².